The van der Waals surface area contributed by atoms with Crippen LogP contribution in [0.5, 0.6) is 0 Å². The molecule has 0 amide bonds. The highest BCUT2D eigenvalue weighted by atomic mass is 15.2. The van der Waals surface area contributed by atoms with Crippen molar-refractivity contribution in [2.24, 2.45) is 0 Å². The van der Waals surface area contributed by atoms with E-state index in [0.717, 1.165) is 38.6 Å². The first-order valence-corrected chi connectivity index (χ1v) is 4.72. The lowest BCUT2D eigenvalue weighted by Gasteiger charge is -2.37. The van der Waals surface area contributed by atoms with Gasteiger partial charge in [0, 0.05) is 32.1 Å². The lowest BCUT2D eigenvalue weighted by atomic mass is 10.1. The summed E-state index contributed by atoms with van der Waals surface area (Å²) >= 11 is 0. The van der Waals surface area contributed by atoms with E-state index in [1.165, 1.54) is 0 Å². The molecule has 0 atom stereocenters. The first-order valence-electron chi connectivity index (χ1n) is 4.72. The van der Waals surface area contributed by atoms with Crippen molar-refractivity contribution in [1.29, 1.82) is 0 Å². The van der Waals surface area contributed by atoms with Gasteiger partial charge in [0.15, 0.2) is 0 Å². The summed E-state index contributed by atoms with van der Waals surface area (Å²) in [6.45, 7) is 8.72. The molecule has 1 aliphatic heterocycles. The molecule has 0 aromatic rings. The monoisotopic (exact) mass is 166 g/mol. The highest BCUT2D eigenvalue weighted by Crippen LogP contribution is 2.04. The standard InChI is InChI=1S/C10H18N2/c1-3-5-6-7-12(4-2)10-8-11-9-10/h10-11H,4,6-9H2,1-2H3. The van der Waals surface area contributed by atoms with E-state index >= 15 is 0 Å². The van der Waals surface area contributed by atoms with E-state index in [1.807, 2.05) is 6.92 Å². The second-order valence-corrected chi connectivity index (χ2v) is 3.12. The van der Waals surface area contributed by atoms with Crippen LogP contribution in [0.1, 0.15) is 20.3 Å². The van der Waals surface area contributed by atoms with Gasteiger partial charge in [-0.1, -0.05) is 6.92 Å². The molecule has 1 fully saturated rings. The number of rotatable bonds is 4. The zero-order valence-corrected chi connectivity index (χ0v) is 8.06. The van der Waals surface area contributed by atoms with Gasteiger partial charge in [-0.05, 0) is 13.5 Å². The quantitative estimate of drug-likeness (QED) is 0.618. The Kier molecular flexibility index (Phi) is 4.13. The maximum absolute atomic E-state index is 3.29. The first-order chi connectivity index (χ1) is 5.88. The molecular formula is C10H18N2. The molecule has 0 bridgehead atoms. The summed E-state index contributed by atoms with van der Waals surface area (Å²) in [4.78, 5) is 2.50. The highest BCUT2D eigenvalue weighted by Gasteiger charge is 2.22. The van der Waals surface area contributed by atoms with Crippen LogP contribution in [0.4, 0.5) is 0 Å². The molecule has 0 unspecified atom stereocenters. The summed E-state index contributed by atoms with van der Waals surface area (Å²) in [6, 6.07) is 0.772. The third-order valence-corrected chi connectivity index (χ3v) is 2.38. The molecule has 2 heteroatoms. The molecule has 0 spiro atoms. The number of nitrogens with one attached hydrogen (secondary N) is 1. The smallest absolute Gasteiger partial charge is 0.0345 e. The highest BCUT2D eigenvalue weighted by molar-refractivity contribution is 4.96. The van der Waals surface area contributed by atoms with Crippen molar-refractivity contribution < 1.29 is 0 Å². The summed E-state index contributed by atoms with van der Waals surface area (Å²) in [5.74, 6) is 6.03. The molecular weight excluding hydrogens is 148 g/mol. The first kappa shape index (κ1) is 9.57. The van der Waals surface area contributed by atoms with Gasteiger partial charge in [-0.15, -0.1) is 11.8 Å². The molecule has 1 aliphatic rings. The van der Waals surface area contributed by atoms with Gasteiger partial charge in [-0.3, -0.25) is 4.90 Å². The van der Waals surface area contributed by atoms with Crippen LogP contribution < -0.4 is 5.32 Å². The molecule has 0 radical (unpaired) electrons. The summed E-state index contributed by atoms with van der Waals surface area (Å²) in [5, 5.41) is 3.29. The zero-order valence-electron chi connectivity index (χ0n) is 8.06. The summed E-state index contributed by atoms with van der Waals surface area (Å²) in [6.07, 6.45) is 1.01. The fourth-order valence-electron chi connectivity index (χ4n) is 1.46. The van der Waals surface area contributed by atoms with Crippen molar-refractivity contribution in [1.82, 2.24) is 10.2 Å². The van der Waals surface area contributed by atoms with Crippen LogP contribution in [0.25, 0.3) is 0 Å². The van der Waals surface area contributed by atoms with Crippen molar-refractivity contribution in [3.8, 4) is 11.8 Å². The molecule has 1 N–H and O–H groups in total. The summed E-state index contributed by atoms with van der Waals surface area (Å²) in [5.41, 5.74) is 0. The molecule has 0 aromatic heterocycles. The molecule has 68 valence electrons. The molecule has 1 heterocycles. The Bertz CT molecular complexity index is 174. The maximum Gasteiger partial charge on any atom is 0.0345 e. The van der Waals surface area contributed by atoms with E-state index in [2.05, 4.69) is 29.0 Å². The zero-order chi connectivity index (χ0) is 8.81. The third-order valence-electron chi connectivity index (χ3n) is 2.38. The fourth-order valence-corrected chi connectivity index (χ4v) is 1.46. The summed E-state index contributed by atoms with van der Waals surface area (Å²) < 4.78 is 0. The molecule has 12 heavy (non-hydrogen) atoms. The van der Waals surface area contributed by atoms with E-state index < -0.39 is 0 Å². The van der Waals surface area contributed by atoms with E-state index in [1.54, 1.807) is 0 Å². The third kappa shape index (κ3) is 2.51. The Balaban J connectivity index is 2.18. The van der Waals surface area contributed by atoms with Gasteiger partial charge < -0.3 is 5.32 Å². The van der Waals surface area contributed by atoms with E-state index in [-0.39, 0.29) is 0 Å². The molecule has 2 nitrogen and oxygen atoms in total. The minimum Gasteiger partial charge on any atom is -0.314 e. The average molecular weight is 166 g/mol. The Morgan fingerprint density at radius 1 is 1.50 bits per heavy atom. The van der Waals surface area contributed by atoms with Crippen LogP contribution in [0, 0.1) is 11.8 Å². The minimum atomic E-state index is 0.772. The van der Waals surface area contributed by atoms with Crippen molar-refractivity contribution in [2.75, 3.05) is 26.2 Å². The van der Waals surface area contributed by atoms with E-state index in [4.69, 9.17) is 0 Å². The lowest BCUT2D eigenvalue weighted by molar-refractivity contribution is 0.156. The van der Waals surface area contributed by atoms with Crippen molar-refractivity contribution in [2.45, 2.75) is 26.3 Å². The number of hydrogen-bond donors (Lipinski definition) is 1. The number of hydrogen-bond acceptors (Lipinski definition) is 2. The number of likely N-dealkylation sites (N-methyl/N-ethyl adjacent to an activating group) is 1. The number of nitrogens with zero attached hydrogens (tertiary/aromatic N) is 1. The van der Waals surface area contributed by atoms with Gasteiger partial charge >= 0.3 is 0 Å². The Morgan fingerprint density at radius 3 is 2.67 bits per heavy atom. The minimum absolute atomic E-state index is 0.772. The Labute approximate surface area is 75.3 Å². The van der Waals surface area contributed by atoms with Crippen LogP contribution in [0.2, 0.25) is 0 Å². The predicted molar refractivity (Wildman–Crippen MR) is 52.0 cm³/mol. The van der Waals surface area contributed by atoms with Gasteiger partial charge in [-0.2, -0.15) is 0 Å². The maximum atomic E-state index is 3.29. The molecule has 1 saturated heterocycles. The predicted octanol–water partition coefficient (Wildman–Crippen LogP) is 0.694. The van der Waals surface area contributed by atoms with Crippen LogP contribution in [0.15, 0.2) is 0 Å². The van der Waals surface area contributed by atoms with Gasteiger partial charge in [0.2, 0.25) is 0 Å². The van der Waals surface area contributed by atoms with Crippen LogP contribution >= 0.6 is 0 Å². The van der Waals surface area contributed by atoms with Gasteiger partial charge in [0.05, 0.1) is 0 Å². The second-order valence-electron chi connectivity index (χ2n) is 3.12. The molecule has 0 aromatic carbocycles. The summed E-state index contributed by atoms with van der Waals surface area (Å²) in [7, 11) is 0. The fraction of sp³-hybridized carbons (Fsp3) is 0.800. The van der Waals surface area contributed by atoms with Crippen molar-refractivity contribution >= 4 is 0 Å². The van der Waals surface area contributed by atoms with Gasteiger partial charge in [-0.25, -0.2) is 0 Å². The average Bonchev–Trinajstić information content (AvgIpc) is 1.99. The second kappa shape index (κ2) is 5.18. The lowest BCUT2D eigenvalue weighted by Crippen LogP contribution is -2.57. The Hall–Kier alpha value is -0.520. The molecule has 0 saturated carbocycles. The largest absolute Gasteiger partial charge is 0.314 e. The van der Waals surface area contributed by atoms with Gasteiger partial charge in [0.1, 0.15) is 0 Å². The molecule has 1 rings (SSSR count). The SMILES string of the molecule is CC#CCCN(CC)C1CNC1. The van der Waals surface area contributed by atoms with E-state index in [0.29, 0.717) is 0 Å². The normalized spacial score (nSPS) is 16.9. The van der Waals surface area contributed by atoms with Crippen LogP contribution in [-0.4, -0.2) is 37.1 Å². The van der Waals surface area contributed by atoms with Crippen LogP contribution in [0.3, 0.4) is 0 Å². The Morgan fingerprint density at radius 2 is 2.25 bits per heavy atom. The van der Waals surface area contributed by atoms with E-state index in [9.17, 15) is 0 Å². The molecule has 0 aliphatic carbocycles. The van der Waals surface area contributed by atoms with Gasteiger partial charge in [0.25, 0.3) is 0 Å². The topological polar surface area (TPSA) is 15.3 Å². The van der Waals surface area contributed by atoms with Crippen molar-refractivity contribution in [3.05, 3.63) is 0 Å². The van der Waals surface area contributed by atoms with Crippen LogP contribution in [-0.2, 0) is 0 Å². The van der Waals surface area contributed by atoms with Crippen molar-refractivity contribution in [3.63, 3.8) is 0 Å².